The minimum atomic E-state index is 0.685. The van der Waals surface area contributed by atoms with Crippen LogP contribution in [-0.2, 0) is 6.54 Å². The Balaban J connectivity index is 1.82. The van der Waals surface area contributed by atoms with Crippen LogP contribution in [0.4, 0.5) is 0 Å². The molecule has 0 saturated carbocycles. The Bertz CT molecular complexity index is 617. The van der Waals surface area contributed by atoms with Gasteiger partial charge in [-0.1, -0.05) is 30.3 Å². The van der Waals surface area contributed by atoms with E-state index in [1.165, 1.54) is 5.56 Å². The van der Waals surface area contributed by atoms with E-state index < -0.39 is 0 Å². The monoisotopic (exact) mass is 237 g/mol. The van der Waals surface area contributed by atoms with Crippen molar-refractivity contribution in [2.75, 3.05) is 0 Å². The summed E-state index contributed by atoms with van der Waals surface area (Å²) in [5.41, 5.74) is 1.27. The summed E-state index contributed by atoms with van der Waals surface area (Å²) in [7, 11) is 0. The molecule has 0 bridgehead atoms. The number of benzene rings is 1. The first kappa shape index (κ1) is 10.7. The highest BCUT2D eigenvalue weighted by atomic mass is 15.2. The topological polar surface area (TPSA) is 34.6 Å². The van der Waals surface area contributed by atoms with Crippen LogP contribution in [0, 0.1) is 0 Å². The molecule has 0 saturated heterocycles. The average Bonchev–Trinajstić information content (AvgIpc) is 2.89. The molecule has 3 rings (SSSR count). The Morgan fingerprint density at radius 3 is 2.56 bits per heavy atom. The number of hydrogen-bond acceptors (Lipinski definition) is 2. The zero-order chi connectivity index (χ0) is 12.2. The second-order valence-electron chi connectivity index (χ2n) is 4.03. The third-order valence-electron chi connectivity index (χ3n) is 2.68. The molecule has 0 radical (unpaired) electrons. The summed E-state index contributed by atoms with van der Waals surface area (Å²) in [6, 6.07) is 12.2. The maximum atomic E-state index is 4.21. The second kappa shape index (κ2) is 4.79. The molecule has 0 aliphatic heterocycles. The third-order valence-corrected chi connectivity index (χ3v) is 2.68. The predicted octanol–water partition coefficient (Wildman–Crippen LogP) is 1.60. The molecule has 0 atom stereocenters. The van der Waals surface area contributed by atoms with Gasteiger partial charge >= 0.3 is 5.95 Å². The summed E-state index contributed by atoms with van der Waals surface area (Å²) in [5.74, 6) is 0.685. The molecule has 2 heterocycles. The van der Waals surface area contributed by atoms with Crippen molar-refractivity contribution in [2.45, 2.75) is 6.54 Å². The van der Waals surface area contributed by atoms with Crippen LogP contribution in [0.2, 0.25) is 0 Å². The molecule has 18 heavy (non-hydrogen) atoms. The standard InChI is InChI=1S/C14H13N4/c1-2-5-13(6-3-1)11-17-9-10-18(12-17)14-15-7-4-8-16-14/h1-10,12H,11H2/q+1. The molecule has 0 N–H and O–H groups in total. The highest BCUT2D eigenvalue weighted by Gasteiger charge is 2.08. The molecule has 2 aromatic heterocycles. The summed E-state index contributed by atoms with van der Waals surface area (Å²) in [6.45, 7) is 0.848. The van der Waals surface area contributed by atoms with Gasteiger partial charge in [-0.25, -0.2) is 4.57 Å². The summed E-state index contributed by atoms with van der Waals surface area (Å²) < 4.78 is 4.01. The van der Waals surface area contributed by atoms with Crippen molar-refractivity contribution < 1.29 is 4.57 Å². The molecule has 1 aromatic carbocycles. The Morgan fingerprint density at radius 1 is 1.00 bits per heavy atom. The largest absolute Gasteiger partial charge is 0.325 e. The van der Waals surface area contributed by atoms with Crippen LogP contribution >= 0.6 is 0 Å². The Labute approximate surface area is 105 Å². The van der Waals surface area contributed by atoms with Crippen molar-refractivity contribution >= 4 is 0 Å². The first-order valence-electron chi connectivity index (χ1n) is 5.80. The number of rotatable bonds is 3. The fourth-order valence-corrected chi connectivity index (χ4v) is 1.82. The molecule has 0 amide bonds. The van der Waals surface area contributed by atoms with Gasteiger partial charge in [0, 0.05) is 12.4 Å². The second-order valence-corrected chi connectivity index (χ2v) is 4.03. The zero-order valence-electron chi connectivity index (χ0n) is 9.85. The fraction of sp³-hybridized carbons (Fsp3) is 0.0714. The lowest BCUT2D eigenvalue weighted by Gasteiger charge is -1.96. The van der Waals surface area contributed by atoms with Crippen LogP contribution in [0.1, 0.15) is 5.56 Å². The van der Waals surface area contributed by atoms with Gasteiger partial charge in [-0.05, 0) is 11.6 Å². The highest BCUT2D eigenvalue weighted by molar-refractivity contribution is 5.13. The van der Waals surface area contributed by atoms with Crippen LogP contribution in [-0.4, -0.2) is 14.5 Å². The number of aromatic nitrogens is 4. The lowest BCUT2D eigenvalue weighted by Crippen LogP contribution is -2.31. The van der Waals surface area contributed by atoms with Gasteiger partial charge in [0.2, 0.25) is 0 Å². The number of hydrogen-bond donors (Lipinski definition) is 0. The van der Waals surface area contributed by atoms with Crippen molar-refractivity contribution in [1.29, 1.82) is 0 Å². The van der Waals surface area contributed by atoms with E-state index in [4.69, 9.17) is 0 Å². The summed E-state index contributed by atoms with van der Waals surface area (Å²) in [5, 5.41) is 0. The normalized spacial score (nSPS) is 10.4. The third kappa shape index (κ3) is 2.27. The van der Waals surface area contributed by atoms with Crippen molar-refractivity contribution in [3.05, 3.63) is 73.1 Å². The molecule has 0 aliphatic rings. The maximum absolute atomic E-state index is 4.21. The predicted molar refractivity (Wildman–Crippen MR) is 67.1 cm³/mol. The van der Waals surface area contributed by atoms with Gasteiger partial charge in [0.15, 0.2) is 0 Å². The quantitative estimate of drug-likeness (QED) is 0.648. The summed E-state index contributed by atoms with van der Waals surface area (Å²) >= 11 is 0. The molecule has 4 heteroatoms. The Hall–Kier alpha value is -2.49. The number of nitrogens with zero attached hydrogens (tertiary/aromatic N) is 4. The van der Waals surface area contributed by atoms with Crippen LogP contribution in [0.5, 0.6) is 0 Å². The fourth-order valence-electron chi connectivity index (χ4n) is 1.82. The lowest BCUT2D eigenvalue weighted by atomic mass is 10.2. The summed E-state index contributed by atoms with van der Waals surface area (Å²) in [6.07, 6.45) is 9.44. The molecule has 4 nitrogen and oxygen atoms in total. The van der Waals surface area contributed by atoms with Gasteiger partial charge in [-0.3, -0.25) is 0 Å². The van der Waals surface area contributed by atoms with E-state index in [1.54, 1.807) is 12.4 Å². The van der Waals surface area contributed by atoms with Crippen LogP contribution in [0.3, 0.4) is 0 Å². The van der Waals surface area contributed by atoms with Gasteiger partial charge in [0.05, 0.1) is 0 Å². The van der Waals surface area contributed by atoms with E-state index in [2.05, 4.69) is 26.7 Å². The molecule has 0 fully saturated rings. The maximum Gasteiger partial charge on any atom is 0.325 e. The smallest absolute Gasteiger partial charge is 0.232 e. The molecular weight excluding hydrogens is 224 g/mol. The van der Waals surface area contributed by atoms with E-state index in [9.17, 15) is 0 Å². The zero-order valence-corrected chi connectivity index (χ0v) is 9.85. The number of imidazole rings is 1. The first-order valence-corrected chi connectivity index (χ1v) is 5.80. The van der Waals surface area contributed by atoms with E-state index in [0.717, 1.165) is 6.54 Å². The van der Waals surface area contributed by atoms with Crippen LogP contribution in [0.25, 0.3) is 5.95 Å². The SMILES string of the molecule is c1ccc(C[n+]2ccn(-c3ncccn3)c2)cc1. The first-order chi connectivity index (χ1) is 8.92. The van der Waals surface area contributed by atoms with E-state index in [1.807, 2.05) is 47.6 Å². The van der Waals surface area contributed by atoms with E-state index >= 15 is 0 Å². The van der Waals surface area contributed by atoms with Crippen LogP contribution in [0.15, 0.2) is 67.5 Å². The molecule has 3 aromatic rings. The van der Waals surface area contributed by atoms with Gasteiger partial charge in [-0.15, -0.1) is 0 Å². The van der Waals surface area contributed by atoms with Gasteiger partial charge in [0.1, 0.15) is 18.9 Å². The van der Waals surface area contributed by atoms with E-state index in [0.29, 0.717) is 5.95 Å². The lowest BCUT2D eigenvalue weighted by molar-refractivity contribution is -0.687. The molecule has 0 unspecified atom stereocenters. The Morgan fingerprint density at radius 2 is 1.78 bits per heavy atom. The molecule has 0 aliphatic carbocycles. The summed E-state index contributed by atoms with van der Waals surface area (Å²) in [4.78, 5) is 8.42. The van der Waals surface area contributed by atoms with Crippen molar-refractivity contribution in [3.8, 4) is 5.95 Å². The Kier molecular flexibility index (Phi) is 2.84. The molecule has 88 valence electrons. The van der Waals surface area contributed by atoms with Gasteiger partial charge in [-0.2, -0.15) is 14.5 Å². The molecular formula is C14H13N4+. The molecule has 0 spiro atoms. The van der Waals surface area contributed by atoms with Crippen molar-refractivity contribution in [1.82, 2.24) is 14.5 Å². The van der Waals surface area contributed by atoms with Crippen molar-refractivity contribution in [2.24, 2.45) is 0 Å². The average molecular weight is 237 g/mol. The minimum Gasteiger partial charge on any atom is -0.232 e. The van der Waals surface area contributed by atoms with Crippen LogP contribution < -0.4 is 4.57 Å². The minimum absolute atomic E-state index is 0.685. The van der Waals surface area contributed by atoms with Gasteiger partial charge in [0.25, 0.3) is 6.33 Å². The van der Waals surface area contributed by atoms with Crippen molar-refractivity contribution in [3.63, 3.8) is 0 Å². The highest BCUT2D eigenvalue weighted by Crippen LogP contribution is 1.99. The van der Waals surface area contributed by atoms with E-state index in [-0.39, 0.29) is 0 Å². The van der Waals surface area contributed by atoms with Gasteiger partial charge < -0.3 is 0 Å².